The van der Waals surface area contributed by atoms with Gasteiger partial charge >= 0.3 is 0 Å². The minimum absolute atomic E-state index is 0.278. The van der Waals surface area contributed by atoms with Gasteiger partial charge in [-0.3, -0.25) is 0 Å². The smallest absolute Gasteiger partial charge is 0.161 e. The van der Waals surface area contributed by atoms with E-state index in [0.29, 0.717) is 17.2 Å². The first-order chi connectivity index (χ1) is 8.63. The Morgan fingerprint density at radius 2 is 2.17 bits per heavy atom. The number of rotatable bonds is 1. The molecule has 1 unspecified atom stereocenters. The molecule has 0 bridgehead atoms. The molecule has 0 amide bonds. The van der Waals surface area contributed by atoms with Gasteiger partial charge in [-0.15, -0.1) is 0 Å². The highest BCUT2D eigenvalue weighted by Gasteiger charge is 2.19. The molecule has 0 aliphatic carbocycles. The highest BCUT2D eigenvalue weighted by atomic mass is 79.9. The Bertz CT molecular complexity index is 481. The van der Waals surface area contributed by atoms with E-state index in [-0.39, 0.29) is 10.3 Å². The van der Waals surface area contributed by atoms with Crippen molar-refractivity contribution < 1.29 is 4.39 Å². The van der Waals surface area contributed by atoms with E-state index in [9.17, 15) is 4.39 Å². The molecule has 2 nitrogen and oxygen atoms in total. The Labute approximate surface area is 116 Å². The van der Waals surface area contributed by atoms with Crippen LogP contribution in [0.2, 0.25) is 0 Å². The Morgan fingerprint density at radius 1 is 1.39 bits per heavy atom. The fourth-order valence-corrected chi connectivity index (χ4v) is 2.80. The van der Waals surface area contributed by atoms with Gasteiger partial charge in [0.1, 0.15) is 6.07 Å². The average molecular weight is 311 g/mol. The normalized spacial score (nSPS) is 20.3. The SMILES string of the molecule is CC1CCCN(c2ccc(C#N)c(Br)c2F)CC1. The van der Waals surface area contributed by atoms with E-state index < -0.39 is 0 Å². The number of hydrogen-bond donors (Lipinski definition) is 0. The van der Waals surface area contributed by atoms with Gasteiger partial charge in [-0.2, -0.15) is 5.26 Å². The molecule has 4 heteroatoms. The standard InChI is InChI=1S/C14H16BrFN2/c1-10-3-2-7-18(8-6-10)12-5-4-11(9-17)13(15)14(12)16/h4-5,10H,2-3,6-8H2,1H3. The van der Waals surface area contributed by atoms with Crippen LogP contribution in [0.4, 0.5) is 10.1 Å². The van der Waals surface area contributed by atoms with Crippen molar-refractivity contribution >= 4 is 21.6 Å². The summed E-state index contributed by atoms with van der Waals surface area (Å²) in [6.45, 7) is 4.02. The van der Waals surface area contributed by atoms with Crippen molar-refractivity contribution in [3.63, 3.8) is 0 Å². The number of nitriles is 1. The molecule has 1 atom stereocenters. The summed E-state index contributed by atoms with van der Waals surface area (Å²) in [5.41, 5.74) is 0.953. The van der Waals surface area contributed by atoms with E-state index in [1.165, 1.54) is 6.42 Å². The van der Waals surface area contributed by atoms with Crippen molar-refractivity contribution in [1.82, 2.24) is 0 Å². The lowest BCUT2D eigenvalue weighted by atomic mass is 10.0. The maximum atomic E-state index is 14.2. The summed E-state index contributed by atoms with van der Waals surface area (Å²) in [5, 5.41) is 8.86. The predicted octanol–water partition coefficient (Wildman–Crippen LogP) is 4.09. The van der Waals surface area contributed by atoms with Crippen LogP contribution in [0.25, 0.3) is 0 Å². The highest BCUT2D eigenvalue weighted by molar-refractivity contribution is 9.10. The first-order valence-corrected chi connectivity index (χ1v) is 7.06. The number of nitrogens with zero attached hydrogens (tertiary/aromatic N) is 2. The molecule has 1 aromatic rings. The first-order valence-electron chi connectivity index (χ1n) is 6.26. The second-order valence-corrected chi connectivity index (χ2v) is 5.69. The largest absolute Gasteiger partial charge is 0.369 e. The van der Waals surface area contributed by atoms with Gasteiger partial charge in [-0.05, 0) is 53.2 Å². The third-order valence-electron chi connectivity index (χ3n) is 3.54. The molecule has 0 spiro atoms. The zero-order valence-corrected chi connectivity index (χ0v) is 12.0. The molecule has 0 radical (unpaired) electrons. The predicted molar refractivity (Wildman–Crippen MR) is 74.0 cm³/mol. The molecule has 1 aromatic carbocycles. The van der Waals surface area contributed by atoms with Gasteiger partial charge < -0.3 is 4.90 Å². The lowest BCUT2D eigenvalue weighted by molar-refractivity contribution is 0.520. The van der Waals surface area contributed by atoms with Crippen molar-refractivity contribution in [2.24, 2.45) is 5.92 Å². The van der Waals surface area contributed by atoms with Gasteiger partial charge in [-0.25, -0.2) is 4.39 Å². The highest BCUT2D eigenvalue weighted by Crippen LogP contribution is 2.31. The molecule has 2 rings (SSSR count). The summed E-state index contributed by atoms with van der Waals surface area (Å²) in [7, 11) is 0. The molecule has 1 fully saturated rings. The van der Waals surface area contributed by atoms with Crippen LogP contribution in [0.1, 0.15) is 31.7 Å². The summed E-state index contributed by atoms with van der Waals surface area (Å²) in [5.74, 6) is 0.392. The fraction of sp³-hybridized carbons (Fsp3) is 0.500. The maximum Gasteiger partial charge on any atom is 0.161 e. The first kappa shape index (κ1) is 13.4. The van der Waals surface area contributed by atoms with Gasteiger partial charge in [0.2, 0.25) is 0 Å². The minimum atomic E-state index is -0.316. The number of hydrogen-bond acceptors (Lipinski definition) is 2. The van der Waals surface area contributed by atoms with E-state index in [2.05, 4.69) is 27.8 Å². The Morgan fingerprint density at radius 3 is 2.89 bits per heavy atom. The lowest BCUT2D eigenvalue weighted by Crippen LogP contribution is -2.25. The molecule has 96 valence electrons. The summed E-state index contributed by atoms with van der Waals surface area (Å²) >= 11 is 3.17. The van der Waals surface area contributed by atoms with E-state index in [4.69, 9.17) is 5.26 Å². The Balaban J connectivity index is 2.28. The van der Waals surface area contributed by atoms with E-state index >= 15 is 0 Å². The molecule has 1 aliphatic rings. The monoisotopic (exact) mass is 310 g/mol. The molecule has 0 N–H and O–H groups in total. The maximum absolute atomic E-state index is 14.2. The molecular formula is C14H16BrFN2. The van der Waals surface area contributed by atoms with Crippen LogP contribution in [0.3, 0.4) is 0 Å². The Hall–Kier alpha value is -1.08. The molecular weight excluding hydrogens is 295 g/mol. The summed E-state index contributed by atoms with van der Waals surface area (Å²) in [4.78, 5) is 2.09. The van der Waals surface area contributed by atoms with Crippen molar-refractivity contribution in [1.29, 1.82) is 5.26 Å². The van der Waals surface area contributed by atoms with Gasteiger partial charge in [0.05, 0.1) is 15.7 Å². The van der Waals surface area contributed by atoms with Crippen LogP contribution in [-0.4, -0.2) is 13.1 Å². The zero-order valence-electron chi connectivity index (χ0n) is 10.4. The third kappa shape index (κ3) is 2.67. The van der Waals surface area contributed by atoms with Gasteiger partial charge in [0.25, 0.3) is 0 Å². The van der Waals surface area contributed by atoms with Gasteiger partial charge in [-0.1, -0.05) is 6.92 Å². The number of anilines is 1. The molecule has 1 heterocycles. The van der Waals surface area contributed by atoms with Gasteiger partial charge in [0, 0.05) is 13.1 Å². The van der Waals surface area contributed by atoms with Crippen molar-refractivity contribution in [3.05, 3.63) is 28.0 Å². The van der Waals surface area contributed by atoms with Crippen LogP contribution >= 0.6 is 15.9 Å². The fourth-order valence-electron chi connectivity index (χ4n) is 2.37. The molecule has 0 aromatic heterocycles. The van der Waals surface area contributed by atoms with E-state index in [1.807, 2.05) is 6.07 Å². The minimum Gasteiger partial charge on any atom is -0.369 e. The average Bonchev–Trinajstić information content (AvgIpc) is 2.58. The van der Waals surface area contributed by atoms with Gasteiger partial charge in [0.15, 0.2) is 5.82 Å². The molecule has 18 heavy (non-hydrogen) atoms. The Kier molecular flexibility index (Phi) is 4.23. The van der Waals surface area contributed by atoms with Crippen LogP contribution in [0.15, 0.2) is 16.6 Å². The van der Waals surface area contributed by atoms with Crippen LogP contribution in [-0.2, 0) is 0 Å². The lowest BCUT2D eigenvalue weighted by Gasteiger charge is -2.23. The van der Waals surface area contributed by atoms with Crippen molar-refractivity contribution in [3.8, 4) is 6.07 Å². The van der Waals surface area contributed by atoms with Crippen LogP contribution < -0.4 is 4.90 Å². The summed E-state index contributed by atoms with van der Waals surface area (Å²) < 4.78 is 14.5. The molecule has 1 aliphatic heterocycles. The quantitative estimate of drug-likeness (QED) is 0.781. The van der Waals surface area contributed by atoms with Crippen molar-refractivity contribution in [2.45, 2.75) is 26.2 Å². The number of halogens is 2. The summed E-state index contributed by atoms with van der Waals surface area (Å²) in [6.07, 6.45) is 3.39. The molecule has 1 saturated heterocycles. The zero-order chi connectivity index (χ0) is 13.1. The third-order valence-corrected chi connectivity index (χ3v) is 4.32. The summed E-state index contributed by atoms with van der Waals surface area (Å²) in [6, 6.07) is 5.37. The number of benzene rings is 1. The topological polar surface area (TPSA) is 27.0 Å². The second-order valence-electron chi connectivity index (χ2n) is 4.90. The van der Waals surface area contributed by atoms with Crippen molar-refractivity contribution in [2.75, 3.05) is 18.0 Å². The van der Waals surface area contributed by atoms with E-state index in [1.54, 1.807) is 12.1 Å². The van der Waals surface area contributed by atoms with Crippen LogP contribution in [0, 0.1) is 23.1 Å². The van der Waals surface area contributed by atoms with Crippen LogP contribution in [0.5, 0.6) is 0 Å². The second kappa shape index (κ2) is 5.71. The molecule has 0 saturated carbocycles. The van der Waals surface area contributed by atoms with E-state index in [0.717, 1.165) is 25.9 Å².